The maximum Gasteiger partial charge on any atom is 0.229 e. The van der Waals surface area contributed by atoms with Gasteiger partial charge in [-0.2, -0.15) is 0 Å². The lowest BCUT2D eigenvalue weighted by atomic mass is 9.95. The topological polar surface area (TPSA) is 217 Å². The molecule has 2 fully saturated rings. The van der Waals surface area contributed by atoms with Crippen LogP contribution in [0.25, 0.3) is 10.8 Å². The van der Waals surface area contributed by atoms with E-state index in [9.17, 15) is 40.9 Å². The van der Waals surface area contributed by atoms with Crippen molar-refractivity contribution in [3.05, 3.63) is 29.3 Å². The molecule has 0 radical (unpaired) electrons. The van der Waals surface area contributed by atoms with Crippen molar-refractivity contribution >= 4 is 10.8 Å². The van der Waals surface area contributed by atoms with E-state index in [1.165, 1.54) is 7.11 Å². The van der Waals surface area contributed by atoms with Gasteiger partial charge in [-0.25, -0.2) is 0 Å². The molecule has 5 rings (SSSR count). The van der Waals surface area contributed by atoms with E-state index in [-0.39, 0.29) is 18.1 Å². The van der Waals surface area contributed by atoms with Crippen molar-refractivity contribution in [1.82, 2.24) is 0 Å². The second-order valence-corrected chi connectivity index (χ2v) is 10.1. The van der Waals surface area contributed by atoms with E-state index in [4.69, 9.17) is 28.4 Å². The summed E-state index contributed by atoms with van der Waals surface area (Å²) in [5, 5.41) is 83.3. The van der Waals surface area contributed by atoms with Crippen LogP contribution in [0, 0.1) is 0 Å². The fraction of sp³-hybridized carbons (Fsp3) is 0.615. The van der Waals surface area contributed by atoms with Gasteiger partial charge in [-0.1, -0.05) is 12.1 Å². The smallest absolute Gasteiger partial charge is 0.229 e. The molecule has 2 saturated heterocycles. The first-order chi connectivity index (χ1) is 19.1. The molecule has 0 aliphatic carbocycles. The monoisotopic (exact) mass is 570 g/mol. The first-order valence-electron chi connectivity index (χ1n) is 12.8. The minimum absolute atomic E-state index is 0.0360. The zero-order chi connectivity index (χ0) is 28.9. The van der Waals surface area contributed by atoms with Crippen LogP contribution in [-0.4, -0.2) is 123 Å². The van der Waals surface area contributed by atoms with Crippen molar-refractivity contribution in [2.24, 2.45) is 0 Å². The van der Waals surface area contributed by atoms with E-state index in [1.807, 2.05) is 0 Å². The highest BCUT2D eigenvalue weighted by Gasteiger charge is 2.48. The lowest BCUT2D eigenvalue weighted by Gasteiger charge is -2.42. The fourth-order valence-electron chi connectivity index (χ4n) is 5.37. The summed E-state index contributed by atoms with van der Waals surface area (Å²) >= 11 is 0. The molecule has 0 aromatic heterocycles. The number of aliphatic hydroxyl groups is 7. The number of fused-ring (bicyclic) bond motifs is 2. The van der Waals surface area contributed by atoms with Gasteiger partial charge in [0, 0.05) is 16.5 Å². The number of aromatic hydroxyl groups is 1. The summed E-state index contributed by atoms with van der Waals surface area (Å²) in [4.78, 5) is 0. The van der Waals surface area contributed by atoms with Gasteiger partial charge < -0.3 is 69.3 Å². The third-order valence-electron chi connectivity index (χ3n) is 7.64. The highest BCUT2D eigenvalue weighted by molar-refractivity contribution is 6.00. The standard InChI is InChI=1S/C26H34O14/c1-9-15-11(7-36-9)24(10-4-3-5-12(35-2)16(10)19(15)30)40-26-23(34)21(32)18(29)14(39-26)8-37-25-22(33)20(31)17(28)13(6-27)38-25/h3-5,9,13-14,17-18,20-23,25-34H,6-8H2,1-2H3/t9-,13+,14+,17+,18+,20-,21-,22+,23+,25-,26-/m0/s1. The number of benzene rings is 2. The molecule has 0 spiro atoms. The van der Waals surface area contributed by atoms with Crippen LogP contribution < -0.4 is 9.47 Å². The van der Waals surface area contributed by atoms with Crippen LogP contribution in [0.2, 0.25) is 0 Å². The normalized spacial score (nSPS) is 37.9. The number of aliphatic hydroxyl groups excluding tert-OH is 7. The lowest BCUT2D eigenvalue weighted by molar-refractivity contribution is -0.323. The summed E-state index contributed by atoms with van der Waals surface area (Å²) in [6.45, 7) is 0.682. The first kappa shape index (κ1) is 29.2. The molecule has 0 amide bonds. The van der Waals surface area contributed by atoms with E-state index in [2.05, 4.69) is 0 Å². The van der Waals surface area contributed by atoms with Crippen LogP contribution in [0.15, 0.2) is 18.2 Å². The van der Waals surface area contributed by atoms with E-state index < -0.39 is 80.7 Å². The van der Waals surface area contributed by atoms with Gasteiger partial charge >= 0.3 is 0 Å². The summed E-state index contributed by atoms with van der Waals surface area (Å²) in [5.74, 6) is 0.548. The quantitative estimate of drug-likeness (QED) is 0.183. The van der Waals surface area contributed by atoms with Crippen LogP contribution in [0.4, 0.5) is 0 Å². The molecule has 222 valence electrons. The van der Waals surface area contributed by atoms with Crippen molar-refractivity contribution in [1.29, 1.82) is 0 Å². The van der Waals surface area contributed by atoms with Crippen LogP contribution >= 0.6 is 0 Å². The number of ether oxygens (including phenoxy) is 6. The minimum atomic E-state index is -1.73. The number of phenolic OH excluding ortho intramolecular Hbond substituents is 1. The van der Waals surface area contributed by atoms with Crippen molar-refractivity contribution in [3.8, 4) is 17.2 Å². The zero-order valence-corrected chi connectivity index (χ0v) is 21.7. The molecule has 3 heterocycles. The molecule has 2 aromatic rings. The fourth-order valence-corrected chi connectivity index (χ4v) is 5.37. The van der Waals surface area contributed by atoms with E-state index in [1.54, 1.807) is 25.1 Å². The zero-order valence-electron chi connectivity index (χ0n) is 21.7. The van der Waals surface area contributed by atoms with E-state index >= 15 is 0 Å². The minimum Gasteiger partial charge on any atom is -0.507 e. The Bertz CT molecular complexity index is 1210. The van der Waals surface area contributed by atoms with Gasteiger partial charge in [0.15, 0.2) is 6.29 Å². The summed E-state index contributed by atoms with van der Waals surface area (Å²) < 4.78 is 33.9. The predicted molar refractivity (Wildman–Crippen MR) is 132 cm³/mol. The number of methoxy groups -OCH3 is 1. The SMILES string of the molecule is COc1cccc2c(O[C@@H]3O[C@H](CO[C@H]4O[C@H](CO)[C@@H](O)[C@H](O)[C@H]4O)[C@@H](O)[C@H](O)[C@H]3O)c3c(c(O)c12)[C@H](C)OC3. The molecular formula is C26H34O14. The number of hydrogen-bond acceptors (Lipinski definition) is 14. The van der Waals surface area contributed by atoms with Crippen molar-refractivity contribution < 1.29 is 69.3 Å². The van der Waals surface area contributed by atoms with Gasteiger partial charge in [0.1, 0.15) is 66.1 Å². The first-order valence-corrected chi connectivity index (χ1v) is 12.8. The predicted octanol–water partition coefficient (Wildman–Crippen LogP) is -1.85. The van der Waals surface area contributed by atoms with Crippen LogP contribution in [0.5, 0.6) is 17.2 Å². The third-order valence-corrected chi connectivity index (χ3v) is 7.64. The average Bonchev–Trinajstić information content (AvgIpc) is 3.35. The number of rotatable bonds is 7. The Morgan fingerprint density at radius 2 is 1.52 bits per heavy atom. The molecule has 0 saturated carbocycles. The Kier molecular flexibility index (Phi) is 8.39. The maximum absolute atomic E-state index is 11.1. The van der Waals surface area contributed by atoms with Crippen LogP contribution in [0.1, 0.15) is 24.2 Å². The van der Waals surface area contributed by atoms with Gasteiger partial charge in [0.05, 0.1) is 38.4 Å². The van der Waals surface area contributed by atoms with Gasteiger partial charge in [-0.05, 0) is 13.0 Å². The molecular weight excluding hydrogens is 536 g/mol. The molecule has 11 atom stereocenters. The van der Waals surface area contributed by atoms with Gasteiger partial charge in [0.25, 0.3) is 0 Å². The van der Waals surface area contributed by atoms with Crippen molar-refractivity contribution in [2.45, 2.75) is 81.0 Å². The average molecular weight is 571 g/mol. The Hall–Kier alpha value is -2.34. The Morgan fingerprint density at radius 1 is 0.875 bits per heavy atom. The van der Waals surface area contributed by atoms with Gasteiger partial charge in [0.2, 0.25) is 6.29 Å². The largest absolute Gasteiger partial charge is 0.507 e. The highest BCUT2D eigenvalue weighted by atomic mass is 16.7. The molecule has 3 aliphatic rings. The number of hydrogen-bond donors (Lipinski definition) is 8. The second kappa shape index (κ2) is 11.5. The molecule has 0 unspecified atom stereocenters. The summed E-state index contributed by atoms with van der Waals surface area (Å²) in [5.41, 5.74) is 0.983. The van der Waals surface area contributed by atoms with Gasteiger partial charge in [-0.3, -0.25) is 0 Å². The van der Waals surface area contributed by atoms with Crippen molar-refractivity contribution in [2.75, 3.05) is 20.3 Å². The second-order valence-electron chi connectivity index (χ2n) is 10.1. The molecule has 8 N–H and O–H groups in total. The molecule has 40 heavy (non-hydrogen) atoms. The molecule has 14 heteroatoms. The van der Waals surface area contributed by atoms with E-state index in [0.717, 1.165) is 0 Å². The molecule has 0 bridgehead atoms. The van der Waals surface area contributed by atoms with Gasteiger partial charge in [-0.15, -0.1) is 0 Å². The van der Waals surface area contributed by atoms with Crippen LogP contribution in [-0.2, 0) is 25.6 Å². The highest BCUT2D eigenvalue weighted by Crippen LogP contribution is 2.50. The Balaban J connectivity index is 1.41. The third kappa shape index (κ3) is 4.88. The Labute approximate surface area is 228 Å². The van der Waals surface area contributed by atoms with Crippen molar-refractivity contribution in [3.63, 3.8) is 0 Å². The maximum atomic E-state index is 11.1. The Morgan fingerprint density at radius 3 is 2.20 bits per heavy atom. The summed E-state index contributed by atoms with van der Waals surface area (Å²) in [6.07, 6.45) is -16.1. The van der Waals surface area contributed by atoms with E-state index in [0.29, 0.717) is 27.6 Å². The summed E-state index contributed by atoms with van der Waals surface area (Å²) in [6, 6.07) is 5.03. The molecule has 2 aromatic carbocycles. The van der Waals surface area contributed by atoms with Crippen LogP contribution in [0.3, 0.4) is 0 Å². The summed E-state index contributed by atoms with van der Waals surface area (Å²) in [7, 11) is 1.45. The molecule has 14 nitrogen and oxygen atoms in total. The molecule has 3 aliphatic heterocycles. The lowest BCUT2D eigenvalue weighted by Crippen LogP contribution is -2.62. The number of phenols is 1.